The molecule has 0 aliphatic carbocycles. The minimum atomic E-state index is -4.87. The fourth-order valence-corrected chi connectivity index (χ4v) is 5.34. The Kier molecular flexibility index (Phi) is 8.72. The van der Waals surface area contributed by atoms with E-state index >= 15 is 4.39 Å². The number of alkyl halides is 3. The number of likely N-dealkylation sites (tertiary alicyclic amines) is 1. The minimum absolute atomic E-state index is 0.0630. The van der Waals surface area contributed by atoms with Crippen LogP contribution in [0.15, 0.2) is 54.9 Å². The molecule has 1 amide bonds. The van der Waals surface area contributed by atoms with Crippen molar-refractivity contribution in [1.82, 2.24) is 20.2 Å². The molecule has 41 heavy (non-hydrogen) atoms. The Hall–Kier alpha value is -3.73. The monoisotopic (exact) mass is 571 g/mol. The molecule has 5 rings (SSSR count). The molecule has 2 saturated heterocycles. The number of ether oxygens (including phenoxy) is 1. The average Bonchev–Trinajstić information content (AvgIpc) is 2.95. The standard InChI is InChI=1S/C30H33F4N5O2/c1-20-9-15-39(16-10-20)26-7-5-21(17-35-26)19-38-13-11-23(12-14-38)37-29(40)25-4-2-3-24(28(25)31)22-6-8-27(36-18-22)41-30(32,33)34/h2-8,17-18,20,23H,9-16,19H2,1H3,(H,37,40). The van der Waals surface area contributed by atoms with E-state index in [1.54, 1.807) is 0 Å². The van der Waals surface area contributed by atoms with E-state index in [1.807, 2.05) is 6.20 Å². The highest BCUT2D eigenvalue weighted by atomic mass is 19.4. The molecular weight excluding hydrogens is 538 g/mol. The predicted octanol–water partition coefficient (Wildman–Crippen LogP) is 5.81. The largest absolute Gasteiger partial charge is 0.574 e. The van der Waals surface area contributed by atoms with Crippen LogP contribution in [0.1, 0.15) is 48.5 Å². The summed E-state index contributed by atoms with van der Waals surface area (Å²) in [4.78, 5) is 25.9. The molecule has 7 nitrogen and oxygen atoms in total. The number of piperidine rings is 2. The number of nitrogens with zero attached hydrogens (tertiary/aromatic N) is 4. The van der Waals surface area contributed by atoms with Crippen LogP contribution >= 0.6 is 0 Å². The number of hydrogen-bond donors (Lipinski definition) is 1. The Morgan fingerprint density at radius 2 is 1.73 bits per heavy atom. The lowest BCUT2D eigenvalue weighted by atomic mass is 9.99. The number of pyridine rings is 2. The second-order valence-corrected chi connectivity index (χ2v) is 10.8. The maximum absolute atomic E-state index is 15.3. The van der Waals surface area contributed by atoms with E-state index in [1.165, 1.54) is 37.1 Å². The lowest BCUT2D eigenvalue weighted by molar-refractivity contribution is -0.276. The maximum Gasteiger partial charge on any atom is 0.574 e. The van der Waals surface area contributed by atoms with Gasteiger partial charge < -0.3 is 15.0 Å². The zero-order valence-corrected chi connectivity index (χ0v) is 22.8. The first kappa shape index (κ1) is 28.8. The Labute approximate surface area is 236 Å². The zero-order chi connectivity index (χ0) is 29.0. The third kappa shape index (κ3) is 7.52. The number of aromatic nitrogens is 2. The molecule has 1 aromatic carbocycles. The highest BCUT2D eigenvalue weighted by Crippen LogP contribution is 2.28. The summed E-state index contributed by atoms with van der Waals surface area (Å²) < 4.78 is 56.2. The van der Waals surface area contributed by atoms with Crippen LogP contribution in [-0.4, -0.2) is 59.4 Å². The van der Waals surface area contributed by atoms with E-state index in [0.717, 1.165) is 75.1 Å². The second-order valence-electron chi connectivity index (χ2n) is 10.8. The van der Waals surface area contributed by atoms with Crippen LogP contribution in [0.3, 0.4) is 0 Å². The van der Waals surface area contributed by atoms with Crippen LogP contribution in [0.2, 0.25) is 0 Å². The maximum atomic E-state index is 15.3. The number of anilines is 1. The first-order chi connectivity index (χ1) is 19.6. The fourth-order valence-electron chi connectivity index (χ4n) is 5.34. The fraction of sp³-hybridized carbons (Fsp3) is 0.433. The van der Waals surface area contributed by atoms with Crippen molar-refractivity contribution in [3.8, 4) is 17.0 Å². The van der Waals surface area contributed by atoms with E-state index < -0.39 is 24.0 Å². The molecule has 2 aliphatic rings. The molecule has 2 fully saturated rings. The van der Waals surface area contributed by atoms with E-state index in [0.29, 0.717) is 0 Å². The van der Waals surface area contributed by atoms with Gasteiger partial charge in [0, 0.05) is 68.4 Å². The van der Waals surface area contributed by atoms with Crippen molar-refractivity contribution >= 4 is 11.7 Å². The van der Waals surface area contributed by atoms with Crippen molar-refractivity contribution < 1.29 is 27.1 Å². The SMILES string of the molecule is CC1CCN(c2ccc(CN3CCC(NC(=O)c4cccc(-c5ccc(OC(F)(F)F)nc5)c4F)CC3)cn2)CC1. The molecule has 0 unspecified atom stereocenters. The Balaban J connectivity index is 1.13. The molecule has 0 radical (unpaired) electrons. The van der Waals surface area contributed by atoms with Crippen molar-refractivity contribution in [2.75, 3.05) is 31.1 Å². The van der Waals surface area contributed by atoms with Gasteiger partial charge in [-0.2, -0.15) is 0 Å². The Morgan fingerprint density at radius 1 is 0.976 bits per heavy atom. The average molecular weight is 572 g/mol. The molecule has 0 bridgehead atoms. The number of carbonyl (C=O) groups is 1. The third-order valence-electron chi connectivity index (χ3n) is 7.76. The zero-order valence-electron chi connectivity index (χ0n) is 22.8. The molecule has 1 N–H and O–H groups in total. The van der Waals surface area contributed by atoms with Gasteiger partial charge in [0.05, 0.1) is 5.56 Å². The van der Waals surface area contributed by atoms with Gasteiger partial charge in [-0.1, -0.05) is 25.1 Å². The van der Waals surface area contributed by atoms with Crippen LogP contribution in [0.25, 0.3) is 11.1 Å². The van der Waals surface area contributed by atoms with Gasteiger partial charge in [-0.05, 0) is 55.4 Å². The molecule has 11 heteroatoms. The topological polar surface area (TPSA) is 70.6 Å². The summed E-state index contributed by atoms with van der Waals surface area (Å²) in [7, 11) is 0. The van der Waals surface area contributed by atoms with Gasteiger partial charge >= 0.3 is 6.36 Å². The minimum Gasteiger partial charge on any atom is -0.388 e. The number of rotatable bonds is 7. The quantitative estimate of drug-likeness (QED) is 0.361. The van der Waals surface area contributed by atoms with E-state index in [-0.39, 0.29) is 22.7 Å². The summed E-state index contributed by atoms with van der Waals surface area (Å²) in [6.07, 6.45) is 2.01. The molecule has 0 saturated carbocycles. The van der Waals surface area contributed by atoms with Crippen LogP contribution in [-0.2, 0) is 6.54 Å². The van der Waals surface area contributed by atoms with Gasteiger partial charge in [-0.3, -0.25) is 9.69 Å². The second kappa shape index (κ2) is 12.4. The van der Waals surface area contributed by atoms with Crippen LogP contribution in [0.4, 0.5) is 23.4 Å². The number of benzene rings is 1. The van der Waals surface area contributed by atoms with Crippen molar-refractivity contribution in [2.24, 2.45) is 5.92 Å². The number of halogens is 4. The molecule has 0 spiro atoms. The number of carbonyl (C=O) groups excluding carboxylic acids is 1. The third-order valence-corrected chi connectivity index (χ3v) is 7.76. The molecule has 2 aromatic heterocycles. The van der Waals surface area contributed by atoms with Crippen molar-refractivity contribution in [2.45, 2.75) is 51.6 Å². The molecule has 2 aliphatic heterocycles. The molecule has 3 aromatic rings. The number of hydrogen-bond acceptors (Lipinski definition) is 6. The first-order valence-corrected chi connectivity index (χ1v) is 13.9. The van der Waals surface area contributed by atoms with Gasteiger partial charge in [0.15, 0.2) is 0 Å². The lowest BCUT2D eigenvalue weighted by Gasteiger charge is -2.33. The Morgan fingerprint density at radius 3 is 2.37 bits per heavy atom. The summed E-state index contributed by atoms with van der Waals surface area (Å²) >= 11 is 0. The van der Waals surface area contributed by atoms with Crippen molar-refractivity contribution in [3.05, 3.63) is 71.8 Å². The summed E-state index contributed by atoms with van der Waals surface area (Å²) in [5, 5.41) is 2.94. The molecule has 4 heterocycles. The normalized spacial score (nSPS) is 17.4. The smallest absolute Gasteiger partial charge is 0.388 e. The van der Waals surface area contributed by atoms with E-state index in [2.05, 4.69) is 48.9 Å². The van der Waals surface area contributed by atoms with Gasteiger partial charge in [-0.15, -0.1) is 13.2 Å². The molecule has 218 valence electrons. The van der Waals surface area contributed by atoms with Gasteiger partial charge in [0.2, 0.25) is 5.88 Å². The highest BCUT2D eigenvalue weighted by Gasteiger charge is 2.32. The van der Waals surface area contributed by atoms with Crippen molar-refractivity contribution in [3.63, 3.8) is 0 Å². The first-order valence-electron chi connectivity index (χ1n) is 13.9. The number of amides is 1. The molecule has 0 atom stereocenters. The summed E-state index contributed by atoms with van der Waals surface area (Å²) in [6, 6.07) is 10.8. The van der Waals surface area contributed by atoms with Crippen LogP contribution < -0.4 is 15.0 Å². The summed E-state index contributed by atoms with van der Waals surface area (Å²) in [5.74, 6) is -0.135. The number of nitrogens with one attached hydrogen (secondary N) is 1. The predicted molar refractivity (Wildman–Crippen MR) is 147 cm³/mol. The van der Waals surface area contributed by atoms with Crippen LogP contribution in [0, 0.1) is 11.7 Å². The van der Waals surface area contributed by atoms with Crippen LogP contribution in [0.5, 0.6) is 5.88 Å². The van der Waals surface area contributed by atoms with Gasteiger partial charge in [-0.25, -0.2) is 14.4 Å². The Bertz CT molecular complexity index is 1320. The van der Waals surface area contributed by atoms with Gasteiger partial charge in [0.25, 0.3) is 5.91 Å². The lowest BCUT2D eigenvalue weighted by Crippen LogP contribution is -2.44. The van der Waals surface area contributed by atoms with E-state index in [9.17, 15) is 18.0 Å². The van der Waals surface area contributed by atoms with Crippen molar-refractivity contribution in [1.29, 1.82) is 0 Å². The van der Waals surface area contributed by atoms with E-state index in [4.69, 9.17) is 0 Å². The van der Waals surface area contributed by atoms with Gasteiger partial charge in [0.1, 0.15) is 11.6 Å². The molecular formula is C30H33F4N5O2. The highest BCUT2D eigenvalue weighted by molar-refractivity contribution is 5.96. The summed E-state index contributed by atoms with van der Waals surface area (Å²) in [5.41, 5.74) is 1.31. The summed E-state index contributed by atoms with van der Waals surface area (Å²) in [6.45, 7) is 6.75.